The molecule has 0 spiro atoms. The van der Waals surface area contributed by atoms with Gasteiger partial charge in [0.25, 0.3) is 0 Å². The van der Waals surface area contributed by atoms with Gasteiger partial charge < -0.3 is 24.6 Å². The normalized spacial score (nSPS) is 22.3. The zero-order valence-electron chi connectivity index (χ0n) is 19.5. The SMILES string of the molecule is COC(C)Oc1ccc(Br)c(CC2CCN(CC3CCN(Cc4ccccc4)C(=O)N3)C2)c1. The number of hydrogen-bond acceptors (Lipinski definition) is 4. The van der Waals surface area contributed by atoms with E-state index in [-0.39, 0.29) is 18.4 Å². The Morgan fingerprint density at radius 1 is 1.15 bits per heavy atom. The fourth-order valence-corrected chi connectivity index (χ4v) is 5.14. The highest BCUT2D eigenvalue weighted by Gasteiger charge is 2.29. The average Bonchev–Trinajstić information content (AvgIpc) is 3.25. The maximum atomic E-state index is 12.6. The van der Waals surface area contributed by atoms with Gasteiger partial charge in [0.2, 0.25) is 0 Å². The Labute approximate surface area is 205 Å². The average molecular weight is 516 g/mol. The van der Waals surface area contributed by atoms with Gasteiger partial charge in [0, 0.05) is 43.8 Å². The number of carbonyl (C=O) groups is 1. The van der Waals surface area contributed by atoms with Crippen molar-refractivity contribution in [2.45, 2.75) is 45.1 Å². The molecule has 0 saturated carbocycles. The van der Waals surface area contributed by atoms with Crippen LogP contribution in [0.15, 0.2) is 53.0 Å². The lowest BCUT2D eigenvalue weighted by Gasteiger charge is -2.35. The minimum absolute atomic E-state index is 0.0527. The first-order chi connectivity index (χ1) is 16.0. The molecule has 2 aromatic carbocycles. The number of benzene rings is 2. The van der Waals surface area contributed by atoms with Crippen LogP contribution < -0.4 is 10.1 Å². The molecule has 0 aliphatic carbocycles. The van der Waals surface area contributed by atoms with Crippen LogP contribution in [-0.2, 0) is 17.7 Å². The second-order valence-electron chi connectivity index (χ2n) is 9.14. The fraction of sp³-hybridized carbons (Fsp3) is 0.500. The number of nitrogens with one attached hydrogen (secondary N) is 1. The van der Waals surface area contributed by atoms with E-state index in [2.05, 4.69) is 50.4 Å². The summed E-state index contributed by atoms with van der Waals surface area (Å²) in [5.41, 5.74) is 2.44. The molecule has 0 bridgehead atoms. The van der Waals surface area contributed by atoms with Gasteiger partial charge in [0.05, 0.1) is 0 Å². The lowest BCUT2D eigenvalue weighted by molar-refractivity contribution is -0.0383. The van der Waals surface area contributed by atoms with Crippen LogP contribution in [0.25, 0.3) is 0 Å². The summed E-state index contributed by atoms with van der Waals surface area (Å²) >= 11 is 3.70. The number of rotatable bonds is 9. The van der Waals surface area contributed by atoms with E-state index >= 15 is 0 Å². The van der Waals surface area contributed by atoms with Crippen molar-refractivity contribution in [1.29, 1.82) is 0 Å². The molecular weight excluding hydrogens is 482 g/mol. The summed E-state index contributed by atoms with van der Waals surface area (Å²) in [5.74, 6) is 1.44. The Balaban J connectivity index is 1.25. The number of carbonyl (C=O) groups excluding carboxylic acids is 1. The van der Waals surface area contributed by atoms with Crippen LogP contribution in [0.3, 0.4) is 0 Å². The van der Waals surface area contributed by atoms with Gasteiger partial charge in [-0.1, -0.05) is 46.3 Å². The Morgan fingerprint density at radius 2 is 1.97 bits per heavy atom. The molecule has 2 aliphatic rings. The molecule has 2 saturated heterocycles. The Morgan fingerprint density at radius 3 is 2.73 bits per heavy atom. The number of likely N-dealkylation sites (tertiary alicyclic amines) is 1. The van der Waals surface area contributed by atoms with Gasteiger partial charge in [-0.15, -0.1) is 0 Å². The van der Waals surface area contributed by atoms with E-state index in [1.54, 1.807) is 7.11 Å². The summed E-state index contributed by atoms with van der Waals surface area (Å²) in [6.07, 6.45) is 2.91. The number of methoxy groups -OCH3 is 1. The van der Waals surface area contributed by atoms with Crippen LogP contribution in [0, 0.1) is 5.92 Å². The summed E-state index contributed by atoms with van der Waals surface area (Å²) < 4.78 is 12.1. The molecule has 33 heavy (non-hydrogen) atoms. The first-order valence-corrected chi connectivity index (χ1v) is 12.6. The molecule has 2 amide bonds. The monoisotopic (exact) mass is 515 g/mol. The maximum Gasteiger partial charge on any atom is 0.317 e. The van der Waals surface area contributed by atoms with E-state index in [0.717, 1.165) is 49.2 Å². The first-order valence-electron chi connectivity index (χ1n) is 11.8. The van der Waals surface area contributed by atoms with Gasteiger partial charge in [-0.25, -0.2) is 4.79 Å². The molecule has 178 valence electrons. The third kappa shape index (κ3) is 6.71. The number of hydrogen-bond donors (Lipinski definition) is 1. The third-order valence-corrected chi connectivity index (χ3v) is 7.36. The number of ether oxygens (including phenoxy) is 2. The van der Waals surface area contributed by atoms with E-state index in [4.69, 9.17) is 9.47 Å². The zero-order valence-corrected chi connectivity index (χ0v) is 21.1. The summed E-state index contributed by atoms with van der Waals surface area (Å²) in [4.78, 5) is 17.0. The van der Waals surface area contributed by atoms with Crippen molar-refractivity contribution in [3.8, 4) is 5.75 Å². The van der Waals surface area contributed by atoms with Crippen LogP contribution in [0.1, 0.15) is 30.9 Å². The molecule has 2 heterocycles. The molecule has 2 fully saturated rings. The fourth-order valence-electron chi connectivity index (χ4n) is 4.73. The largest absolute Gasteiger partial charge is 0.465 e. The standard InChI is InChI=1S/C26H34BrN3O3/c1-19(32-2)33-24-8-9-25(27)22(15-24)14-21-10-12-29(16-21)18-23-11-13-30(26(31)28-23)17-20-6-4-3-5-7-20/h3-9,15,19,21,23H,10-14,16-18H2,1-2H3,(H,28,31). The number of halogens is 1. The molecule has 0 aromatic heterocycles. The zero-order chi connectivity index (χ0) is 23.2. The van der Waals surface area contributed by atoms with E-state index < -0.39 is 0 Å². The predicted octanol–water partition coefficient (Wildman–Crippen LogP) is 4.67. The highest BCUT2D eigenvalue weighted by molar-refractivity contribution is 9.10. The molecule has 3 unspecified atom stereocenters. The van der Waals surface area contributed by atoms with E-state index in [1.807, 2.05) is 36.1 Å². The van der Waals surface area contributed by atoms with Gasteiger partial charge in [0.15, 0.2) is 6.29 Å². The summed E-state index contributed by atoms with van der Waals surface area (Å²) in [7, 11) is 1.65. The summed E-state index contributed by atoms with van der Waals surface area (Å²) in [5, 5.41) is 3.23. The molecule has 1 N–H and O–H groups in total. The van der Waals surface area contributed by atoms with Crippen molar-refractivity contribution >= 4 is 22.0 Å². The minimum Gasteiger partial charge on any atom is -0.465 e. The first kappa shape index (κ1) is 24.0. The van der Waals surface area contributed by atoms with Crippen molar-refractivity contribution in [1.82, 2.24) is 15.1 Å². The Kier molecular flexibility index (Phi) is 8.28. The molecule has 0 radical (unpaired) electrons. The highest BCUT2D eigenvalue weighted by Crippen LogP contribution is 2.29. The summed E-state index contributed by atoms with van der Waals surface area (Å²) in [6.45, 7) is 6.44. The third-order valence-electron chi connectivity index (χ3n) is 6.59. The minimum atomic E-state index is -0.268. The van der Waals surface area contributed by atoms with Gasteiger partial charge in [-0.3, -0.25) is 0 Å². The molecule has 3 atom stereocenters. The molecule has 6 nitrogen and oxygen atoms in total. The van der Waals surface area contributed by atoms with Crippen LogP contribution >= 0.6 is 15.9 Å². The van der Waals surface area contributed by atoms with E-state index in [9.17, 15) is 4.79 Å². The lowest BCUT2D eigenvalue weighted by Crippen LogP contribution is -2.54. The molecule has 7 heteroatoms. The number of urea groups is 1. The van der Waals surface area contributed by atoms with Gasteiger partial charge in [-0.05, 0) is 68.0 Å². The van der Waals surface area contributed by atoms with Gasteiger partial charge in [0.1, 0.15) is 5.75 Å². The highest BCUT2D eigenvalue weighted by atomic mass is 79.9. The van der Waals surface area contributed by atoms with E-state index in [1.165, 1.54) is 17.5 Å². The van der Waals surface area contributed by atoms with Crippen LogP contribution in [0.5, 0.6) is 5.75 Å². The van der Waals surface area contributed by atoms with Crippen molar-refractivity contribution in [2.75, 3.05) is 33.3 Å². The second-order valence-corrected chi connectivity index (χ2v) is 9.99. The number of amides is 2. The quantitative estimate of drug-likeness (QED) is 0.493. The Bertz CT molecular complexity index is 926. The van der Waals surface area contributed by atoms with Crippen molar-refractivity contribution in [3.63, 3.8) is 0 Å². The predicted molar refractivity (Wildman–Crippen MR) is 133 cm³/mol. The summed E-state index contributed by atoms with van der Waals surface area (Å²) in [6, 6.07) is 16.6. The lowest BCUT2D eigenvalue weighted by atomic mass is 9.98. The molecule has 4 rings (SSSR count). The van der Waals surface area contributed by atoms with E-state index in [0.29, 0.717) is 12.5 Å². The van der Waals surface area contributed by atoms with Gasteiger partial charge >= 0.3 is 6.03 Å². The molecule has 2 aliphatic heterocycles. The maximum absolute atomic E-state index is 12.6. The van der Waals surface area contributed by atoms with Crippen LogP contribution in [0.4, 0.5) is 4.79 Å². The molecule has 2 aromatic rings. The van der Waals surface area contributed by atoms with Crippen molar-refractivity contribution < 1.29 is 14.3 Å². The van der Waals surface area contributed by atoms with Crippen molar-refractivity contribution in [3.05, 3.63) is 64.1 Å². The smallest absolute Gasteiger partial charge is 0.317 e. The van der Waals surface area contributed by atoms with Crippen LogP contribution in [-0.4, -0.2) is 61.5 Å². The second kappa shape index (κ2) is 11.4. The molecular formula is C26H34BrN3O3. The van der Waals surface area contributed by atoms with Crippen molar-refractivity contribution in [2.24, 2.45) is 5.92 Å². The Hall–Kier alpha value is -2.09. The van der Waals surface area contributed by atoms with Crippen LogP contribution in [0.2, 0.25) is 0 Å². The topological polar surface area (TPSA) is 54.0 Å². The van der Waals surface area contributed by atoms with Gasteiger partial charge in [-0.2, -0.15) is 0 Å². The number of nitrogens with zero attached hydrogens (tertiary/aromatic N) is 2.